The number of carbonyl (C=O) groups is 3. The highest BCUT2D eigenvalue weighted by molar-refractivity contribution is 9.10. The molecule has 1 heterocycles. The van der Waals surface area contributed by atoms with Crippen LogP contribution in [0.4, 0.5) is 5.69 Å². The van der Waals surface area contributed by atoms with Gasteiger partial charge in [0.05, 0.1) is 23.1 Å². The molecule has 0 unspecified atom stereocenters. The number of anilines is 1. The van der Waals surface area contributed by atoms with E-state index >= 15 is 0 Å². The van der Waals surface area contributed by atoms with E-state index in [1.807, 2.05) is 0 Å². The number of ether oxygens (including phenoxy) is 1. The first kappa shape index (κ1) is 17.9. The number of imide groups is 1. The quantitative estimate of drug-likeness (QED) is 0.414. The lowest BCUT2D eigenvalue weighted by atomic mass is 9.81. The van der Waals surface area contributed by atoms with Gasteiger partial charge in [-0.1, -0.05) is 34.8 Å². The van der Waals surface area contributed by atoms with E-state index in [-0.39, 0.29) is 23.7 Å². The summed E-state index contributed by atoms with van der Waals surface area (Å²) in [5.41, 5.74) is 0.732. The number of hydrogen-bond donors (Lipinski definition) is 0. The van der Waals surface area contributed by atoms with Crippen LogP contribution in [0.25, 0.3) is 0 Å². The summed E-state index contributed by atoms with van der Waals surface area (Å²) in [4.78, 5) is 39.2. The zero-order valence-electron chi connectivity index (χ0n) is 14.6. The van der Waals surface area contributed by atoms with Crippen LogP contribution in [0.5, 0.6) is 5.75 Å². The number of hydrogen-bond acceptors (Lipinski definition) is 4. The molecule has 0 spiro atoms. The fourth-order valence-electron chi connectivity index (χ4n) is 3.86. The Hall–Kier alpha value is -2.47. The third-order valence-electron chi connectivity index (χ3n) is 5.21. The number of halogens is 1. The SMILES string of the molecule is O=C(Oc1ccc(Br)cc1)c1cccc(N2C(=O)[C@@H]3CCCC[C@H]3C2=O)c1. The van der Waals surface area contributed by atoms with E-state index in [0.717, 1.165) is 30.2 Å². The summed E-state index contributed by atoms with van der Waals surface area (Å²) in [5, 5.41) is 0. The third kappa shape index (κ3) is 3.41. The number of nitrogens with zero attached hydrogens (tertiary/aromatic N) is 1. The first-order valence-corrected chi connectivity index (χ1v) is 9.79. The molecule has 138 valence electrons. The van der Waals surface area contributed by atoms with Crippen LogP contribution >= 0.6 is 15.9 Å². The molecule has 2 fully saturated rings. The predicted octanol–water partition coefficient (Wildman–Crippen LogP) is 4.35. The predicted molar refractivity (Wildman–Crippen MR) is 103 cm³/mol. The van der Waals surface area contributed by atoms with Gasteiger partial charge in [0.1, 0.15) is 5.75 Å². The maximum atomic E-state index is 12.7. The van der Waals surface area contributed by atoms with Gasteiger partial charge in [0, 0.05) is 4.47 Å². The van der Waals surface area contributed by atoms with E-state index in [0.29, 0.717) is 17.0 Å². The van der Waals surface area contributed by atoms with Gasteiger partial charge in [-0.25, -0.2) is 4.79 Å². The fourth-order valence-corrected chi connectivity index (χ4v) is 4.12. The van der Waals surface area contributed by atoms with Crippen LogP contribution in [0, 0.1) is 11.8 Å². The Bertz CT molecular complexity index is 885. The lowest BCUT2D eigenvalue weighted by molar-refractivity contribution is -0.122. The molecule has 2 amide bonds. The Morgan fingerprint density at radius 1 is 0.963 bits per heavy atom. The molecule has 6 heteroatoms. The van der Waals surface area contributed by atoms with Crippen molar-refractivity contribution in [3.05, 3.63) is 58.6 Å². The average molecular weight is 428 g/mol. The van der Waals surface area contributed by atoms with Gasteiger partial charge >= 0.3 is 5.97 Å². The van der Waals surface area contributed by atoms with E-state index in [1.54, 1.807) is 48.5 Å². The van der Waals surface area contributed by atoms with Crippen molar-refractivity contribution in [2.75, 3.05) is 4.90 Å². The number of benzene rings is 2. The molecule has 1 saturated heterocycles. The minimum absolute atomic E-state index is 0.150. The second kappa shape index (κ2) is 7.27. The van der Waals surface area contributed by atoms with Crippen LogP contribution in [0.15, 0.2) is 53.0 Å². The molecule has 2 atom stereocenters. The molecule has 4 rings (SSSR count). The molecule has 1 aliphatic carbocycles. The number of rotatable bonds is 3. The van der Waals surface area contributed by atoms with Crippen LogP contribution in [-0.2, 0) is 9.59 Å². The maximum Gasteiger partial charge on any atom is 0.343 e. The lowest BCUT2D eigenvalue weighted by Crippen LogP contribution is -2.31. The van der Waals surface area contributed by atoms with E-state index in [2.05, 4.69) is 15.9 Å². The van der Waals surface area contributed by atoms with Crippen molar-refractivity contribution in [2.45, 2.75) is 25.7 Å². The van der Waals surface area contributed by atoms with Crippen LogP contribution in [0.2, 0.25) is 0 Å². The Kier molecular flexibility index (Phi) is 4.83. The lowest BCUT2D eigenvalue weighted by Gasteiger charge is -2.19. The highest BCUT2D eigenvalue weighted by Crippen LogP contribution is 2.40. The molecule has 2 aromatic carbocycles. The maximum absolute atomic E-state index is 12.7. The number of fused-ring (bicyclic) bond motifs is 1. The molecule has 0 aromatic heterocycles. The summed E-state index contributed by atoms with van der Waals surface area (Å²) in [7, 11) is 0. The van der Waals surface area contributed by atoms with Gasteiger partial charge in [-0.05, 0) is 55.3 Å². The van der Waals surface area contributed by atoms with E-state index in [9.17, 15) is 14.4 Å². The van der Waals surface area contributed by atoms with Crippen molar-refractivity contribution in [1.82, 2.24) is 0 Å². The van der Waals surface area contributed by atoms with E-state index < -0.39 is 5.97 Å². The Labute approximate surface area is 165 Å². The number of esters is 1. The number of amides is 2. The largest absolute Gasteiger partial charge is 0.423 e. The summed E-state index contributed by atoms with van der Waals surface area (Å²) in [6, 6.07) is 13.4. The second-order valence-corrected chi connectivity index (χ2v) is 7.82. The monoisotopic (exact) mass is 427 g/mol. The zero-order valence-corrected chi connectivity index (χ0v) is 16.1. The van der Waals surface area contributed by atoms with Gasteiger partial charge < -0.3 is 4.74 Å². The van der Waals surface area contributed by atoms with Gasteiger partial charge in [0.15, 0.2) is 0 Å². The van der Waals surface area contributed by atoms with Crippen molar-refractivity contribution >= 4 is 39.4 Å². The molecule has 1 saturated carbocycles. The van der Waals surface area contributed by atoms with E-state index in [1.165, 1.54) is 4.90 Å². The topological polar surface area (TPSA) is 63.7 Å². The fraction of sp³-hybridized carbons (Fsp3) is 0.286. The summed E-state index contributed by atoms with van der Waals surface area (Å²) in [6.45, 7) is 0. The summed E-state index contributed by atoms with van der Waals surface area (Å²) >= 11 is 3.33. The normalized spacial score (nSPS) is 21.9. The summed E-state index contributed by atoms with van der Waals surface area (Å²) in [5.74, 6) is -0.843. The van der Waals surface area contributed by atoms with Crippen LogP contribution in [0.3, 0.4) is 0 Å². The molecule has 5 nitrogen and oxygen atoms in total. The second-order valence-electron chi connectivity index (χ2n) is 6.90. The van der Waals surface area contributed by atoms with Gasteiger partial charge in [0.25, 0.3) is 0 Å². The van der Waals surface area contributed by atoms with Crippen molar-refractivity contribution in [2.24, 2.45) is 11.8 Å². The standard InChI is InChI=1S/C21H18BrNO4/c22-14-8-10-16(11-9-14)27-21(26)13-4-3-5-15(12-13)23-19(24)17-6-1-2-7-18(17)20(23)25/h3-5,8-12,17-18H,1-2,6-7H2/t17-,18-/m1/s1. The zero-order chi connectivity index (χ0) is 19.0. The average Bonchev–Trinajstić information content (AvgIpc) is 2.95. The Balaban J connectivity index is 1.57. The minimum atomic E-state index is -0.532. The molecule has 0 radical (unpaired) electrons. The molecular weight excluding hydrogens is 410 g/mol. The molecule has 1 aliphatic heterocycles. The first-order valence-electron chi connectivity index (χ1n) is 9.00. The molecule has 2 aliphatic rings. The summed E-state index contributed by atoms with van der Waals surface area (Å²) in [6.07, 6.45) is 3.48. The van der Waals surface area contributed by atoms with Gasteiger partial charge in [-0.15, -0.1) is 0 Å². The van der Waals surface area contributed by atoms with Crippen LogP contribution < -0.4 is 9.64 Å². The molecule has 0 N–H and O–H groups in total. The molecular formula is C21H18BrNO4. The Morgan fingerprint density at radius 3 is 2.22 bits per heavy atom. The van der Waals surface area contributed by atoms with Crippen molar-refractivity contribution in [1.29, 1.82) is 0 Å². The van der Waals surface area contributed by atoms with Crippen molar-refractivity contribution < 1.29 is 19.1 Å². The minimum Gasteiger partial charge on any atom is -0.423 e. The Morgan fingerprint density at radius 2 is 1.59 bits per heavy atom. The summed E-state index contributed by atoms with van der Waals surface area (Å²) < 4.78 is 6.26. The van der Waals surface area contributed by atoms with E-state index in [4.69, 9.17) is 4.74 Å². The van der Waals surface area contributed by atoms with Gasteiger partial charge in [-0.3, -0.25) is 14.5 Å². The van der Waals surface area contributed by atoms with Crippen molar-refractivity contribution in [3.63, 3.8) is 0 Å². The van der Waals surface area contributed by atoms with Gasteiger partial charge in [-0.2, -0.15) is 0 Å². The highest BCUT2D eigenvalue weighted by atomic mass is 79.9. The van der Waals surface area contributed by atoms with Crippen LogP contribution in [-0.4, -0.2) is 17.8 Å². The van der Waals surface area contributed by atoms with Gasteiger partial charge in [0.2, 0.25) is 11.8 Å². The number of carbonyl (C=O) groups excluding carboxylic acids is 3. The molecule has 0 bridgehead atoms. The van der Waals surface area contributed by atoms with Crippen LogP contribution in [0.1, 0.15) is 36.0 Å². The highest BCUT2D eigenvalue weighted by Gasteiger charge is 2.48. The van der Waals surface area contributed by atoms with Crippen molar-refractivity contribution in [3.8, 4) is 5.75 Å². The first-order chi connectivity index (χ1) is 13.0. The molecule has 27 heavy (non-hydrogen) atoms. The smallest absolute Gasteiger partial charge is 0.343 e. The third-order valence-corrected chi connectivity index (χ3v) is 5.73. The molecule has 2 aromatic rings.